The lowest BCUT2D eigenvalue weighted by Gasteiger charge is -2.06. The summed E-state index contributed by atoms with van der Waals surface area (Å²) in [6.45, 7) is 3.79. The van der Waals surface area contributed by atoms with Gasteiger partial charge >= 0.3 is 8.25 Å². The number of Topliss-reactive ketones (excluding diaryl/α,β-unsaturated/α-hetero) is 1. The molecule has 0 aromatic heterocycles. The molecule has 0 saturated heterocycles. The predicted octanol–water partition coefficient (Wildman–Crippen LogP) is 2.05. The maximum atomic E-state index is 11.1. The Morgan fingerprint density at radius 3 is 2.69 bits per heavy atom. The van der Waals surface area contributed by atoms with Crippen molar-refractivity contribution in [1.29, 1.82) is 0 Å². The summed E-state index contributed by atoms with van der Waals surface area (Å²) in [7, 11) is -2.64. The molecular formula is C8H16O4P+. The first-order valence-electron chi connectivity index (χ1n) is 4.37. The van der Waals surface area contributed by atoms with Gasteiger partial charge < -0.3 is 0 Å². The lowest BCUT2D eigenvalue weighted by atomic mass is 10.0. The van der Waals surface area contributed by atoms with Crippen LogP contribution < -0.4 is 0 Å². The Bertz CT molecular complexity index is 181. The molecule has 0 aliphatic rings. The van der Waals surface area contributed by atoms with Crippen molar-refractivity contribution in [2.45, 2.75) is 33.1 Å². The monoisotopic (exact) mass is 207 g/mol. The standard InChI is InChI=1S/C8H15O4P/c1-3-4-7(2)5-8(9)6-12-13(10)11/h7H,3-6H2,1-2H3/p+1/t7-/m0/s1. The lowest BCUT2D eigenvalue weighted by molar-refractivity contribution is -0.121. The van der Waals surface area contributed by atoms with Crippen LogP contribution in [0.25, 0.3) is 0 Å². The van der Waals surface area contributed by atoms with Crippen molar-refractivity contribution in [1.82, 2.24) is 0 Å². The smallest absolute Gasteiger partial charge is 0.297 e. The van der Waals surface area contributed by atoms with E-state index in [0.29, 0.717) is 12.3 Å². The second-order valence-electron chi connectivity index (χ2n) is 3.15. The van der Waals surface area contributed by atoms with E-state index in [4.69, 9.17) is 4.89 Å². The highest BCUT2D eigenvalue weighted by atomic mass is 31.1. The van der Waals surface area contributed by atoms with Crippen LogP contribution in [-0.4, -0.2) is 17.3 Å². The van der Waals surface area contributed by atoms with E-state index in [2.05, 4.69) is 11.4 Å². The van der Waals surface area contributed by atoms with Crippen molar-refractivity contribution >= 4 is 14.0 Å². The van der Waals surface area contributed by atoms with Crippen LogP contribution in [0, 0.1) is 5.92 Å². The second-order valence-corrected chi connectivity index (χ2v) is 3.88. The zero-order valence-corrected chi connectivity index (χ0v) is 8.92. The van der Waals surface area contributed by atoms with Gasteiger partial charge in [0.05, 0.1) is 0 Å². The Morgan fingerprint density at radius 1 is 1.62 bits per heavy atom. The molecule has 0 saturated carbocycles. The van der Waals surface area contributed by atoms with Gasteiger partial charge in [-0.15, -0.1) is 9.42 Å². The number of ketones is 1. The summed E-state index contributed by atoms with van der Waals surface area (Å²) in [5.74, 6) is 0.219. The van der Waals surface area contributed by atoms with E-state index in [0.717, 1.165) is 12.8 Å². The zero-order chi connectivity index (χ0) is 10.3. The molecule has 2 atom stereocenters. The van der Waals surface area contributed by atoms with Gasteiger partial charge in [0.25, 0.3) is 0 Å². The molecule has 13 heavy (non-hydrogen) atoms. The molecule has 0 heterocycles. The van der Waals surface area contributed by atoms with Gasteiger partial charge in [0.1, 0.15) is 0 Å². The first-order chi connectivity index (χ1) is 6.06. The summed E-state index contributed by atoms with van der Waals surface area (Å²) in [6, 6.07) is 0. The van der Waals surface area contributed by atoms with Crippen LogP contribution in [-0.2, 0) is 13.9 Å². The summed E-state index contributed by atoms with van der Waals surface area (Å²) in [5, 5.41) is 0. The Hall–Kier alpha value is -0.310. The van der Waals surface area contributed by atoms with Gasteiger partial charge in [-0.1, -0.05) is 26.7 Å². The molecule has 1 N–H and O–H groups in total. The number of rotatable bonds is 7. The first kappa shape index (κ1) is 12.7. The van der Waals surface area contributed by atoms with Gasteiger partial charge in [-0.2, -0.15) is 0 Å². The fourth-order valence-corrected chi connectivity index (χ4v) is 1.42. The highest BCUT2D eigenvalue weighted by molar-refractivity contribution is 7.32. The van der Waals surface area contributed by atoms with E-state index < -0.39 is 8.25 Å². The number of hydrogen-bond donors (Lipinski definition) is 1. The van der Waals surface area contributed by atoms with E-state index in [-0.39, 0.29) is 12.4 Å². The minimum absolute atomic E-state index is 0.113. The Balaban J connectivity index is 3.55. The highest BCUT2D eigenvalue weighted by Crippen LogP contribution is 2.16. The van der Waals surface area contributed by atoms with Crippen molar-refractivity contribution < 1.29 is 18.8 Å². The van der Waals surface area contributed by atoms with Crippen molar-refractivity contribution in [3.05, 3.63) is 0 Å². The van der Waals surface area contributed by atoms with Crippen LogP contribution in [0.5, 0.6) is 0 Å². The first-order valence-corrected chi connectivity index (χ1v) is 5.50. The maximum Gasteiger partial charge on any atom is 0.695 e. The van der Waals surface area contributed by atoms with Gasteiger partial charge in [-0.3, -0.25) is 4.79 Å². The molecular weight excluding hydrogens is 191 g/mol. The molecule has 0 bridgehead atoms. The topological polar surface area (TPSA) is 63.6 Å². The van der Waals surface area contributed by atoms with Crippen molar-refractivity contribution in [3.63, 3.8) is 0 Å². The minimum atomic E-state index is -2.64. The molecule has 0 aliphatic carbocycles. The molecule has 0 aliphatic heterocycles. The predicted molar refractivity (Wildman–Crippen MR) is 49.5 cm³/mol. The molecule has 76 valence electrons. The van der Waals surface area contributed by atoms with Crippen LogP contribution in [0.1, 0.15) is 33.1 Å². The van der Waals surface area contributed by atoms with Gasteiger partial charge in [-0.05, 0) is 5.92 Å². The number of carbonyl (C=O) groups is 1. The number of hydrogen-bond acceptors (Lipinski definition) is 3. The second kappa shape index (κ2) is 7.13. The van der Waals surface area contributed by atoms with E-state index in [9.17, 15) is 9.36 Å². The molecule has 0 fully saturated rings. The highest BCUT2D eigenvalue weighted by Gasteiger charge is 2.16. The quantitative estimate of drug-likeness (QED) is 0.649. The average Bonchev–Trinajstić information content (AvgIpc) is 2.01. The van der Waals surface area contributed by atoms with E-state index in [1.54, 1.807) is 0 Å². The summed E-state index contributed by atoms with van der Waals surface area (Å²) < 4.78 is 14.4. The molecule has 0 aromatic rings. The zero-order valence-electron chi connectivity index (χ0n) is 8.02. The minimum Gasteiger partial charge on any atom is -0.297 e. The van der Waals surface area contributed by atoms with Gasteiger partial charge in [-0.25, -0.2) is 0 Å². The molecule has 1 unspecified atom stereocenters. The van der Waals surface area contributed by atoms with Gasteiger partial charge in [0, 0.05) is 11.0 Å². The van der Waals surface area contributed by atoms with Crippen LogP contribution in [0.3, 0.4) is 0 Å². The third-order valence-electron chi connectivity index (χ3n) is 1.69. The Kier molecular flexibility index (Phi) is 6.96. The fourth-order valence-electron chi connectivity index (χ4n) is 1.17. The summed E-state index contributed by atoms with van der Waals surface area (Å²) in [4.78, 5) is 19.3. The van der Waals surface area contributed by atoms with Crippen molar-refractivity contribution in [2.75, 3.05) is 6.61 Å². The average molecular weight is 207 g/mol. The molecule has 0 rings (SSSR count). The van der Waals surface area contributed by atoms with Gasteiger partial charge in [0.15, 0.2) is 12.4 Å². The Labute approximate surface area is 79.2 Å². The number of carbonyl (C=O) groups excluding carboxylic acids is 1. The van der Waals surface area contributed by atoms with E-state index >= 15 is 0 Å². The normalized spacial score (nSPS) is 13.9. The molecule has 0 spiro atoms. The van der Waals surface area contributed by atoms with Crippen molar-refractivity contribution in [2.24, 2.45) is 5.92 Å². The fraction of sp³-hybridized carbons (Fsp3) is 0.875. The van der Waals surface area contributed by atoms with E-state index in [1.165, 1.54) is 0 Å². The summed E-state index contributed by atoms with van der Waals surface area (Å²) in [5.41, 5.74) is 0. The maximum absolute atomic E-state index is 11.1. The molecule has 0 amide bonds. The molecule has 5 heteroatoms. The molecule has 4 nitrogen and oxygen atoms in total. The third-order valence-corrected chi connectivity index (χ3v) is 2.04. The largest absolute Gasteiger partial charge is 0.695 e. The summed E-state index contributed by atoms with van der Waals surface area (Å²) in [6.07, 6.45) is 2.47. The summed E-state index contributed by atoms with van der Waals surface area (Å²) >= 11 is 0. The molecule has 0 radical (unpaired) electrons. The van der Waals surface area contributed by atoms with Crippen LogP contribution >= 0.6 is 8.25 Å². The van der Waals surface area contributed by atoms with E-state index in [1.807, 2.05) is 6.92 Å². The van der Waals surface area contributed by atoms with Crippen LogP contribution in [0.2, 0.25) is 0 Å². The van der Waals surface area contributed by atoms with Crippen LogP contribution in [0.4, 0.5) is 0 Å². The van der Waals surface area contributed by atoms with Crippen molar-refractivity contribution in [3.8, 4) is 0 Å². The van der Waals surface area contributed by atoms with Gasteiger partial charge in [0.2, 0.25) is 0 Å². The lowest BCUT2D eigenvalue weighted by Crippen LogP contribution is -2.10. The Morgan fingerprint density at radius 2 is 2.23 bits per heavy atom. The third kappa shape index (κ3) is 8.03. The molecule has 0 aromatic carbocycles. The SMILES string of the molecule is CCC[C@H](C)CC(=O)CO[P+](=O)O. The van der Waals surface area contributed by atoms with Crippen LogP contribution in [0.15, 0.2) is 0 Å².